The van der Waals surface area contributed by atoms with Crippen molar-refractivity contribution in [3.63, 3.8) is 0 Å². The predicted molar refractivity (Wildman–Crippen MR) is 125 cm³/mol. The van der Waals surface area contributed by atoms with Gasteiger partial charge in [0.1, 0.15) is 6.61 Å². The smallest absolute Gasteiger partial charge is 0.445 e. The van der Waals surface area contributed by atoms with Gasteiger partial charge in [0.2, 0.25) is 0 Å². The van der Waals surface area contributed by atoms with E-state index in [0.29, 0.717) is 15.5 Å². The van der Waals surface area contributed by atoms with Gasteiger partial charge in [-0.3, -0.25) is 0 Å². The Morgan fingerprint density at radius 1 is 1.06 bits per heavy atom. The SMILES string of the molecule is CC1(C)OB(C(=Cc2ccc(Cl)cc2Cl)CNC(=O)OCc2ccccc2)OC1(C)C. The van der Waals surface area contributed by atoms with E-state index in [9.17, 15) is 4.79 Å². The molecule has 0 saturated carbocycles. The first-order chi connectivity index (χ1) is 14.6. The minimum Gasteiger partial charge on any atom is -0.445 e. The van der Waals surface area contributed by atoms with Crippen LogP contribution < -0.4 is 5.32 Å². The van der Waals surface area contributed by atoms with Crippen molar-refractivity contribution in [2.24, 2.45) is 0 Å². The molecular formula is C23H26BCl2NO4. The third-order valence-electron chi connectivity index (χ3n) is 5.51. The lowest BCUT2D eigenvalue weighted by molar-refractivity contribution is 0.00578. The van der Waals surface area contributed by atoms with Crippen LogP contribution in [-0.4, -0.2) is 31.0 Å². The molecule has 0 aromatic heterocycles. The highest BCUT2D eigenvalue weighted by Gasteiger charge is 2.52. The Labute approximate surface area is 193 Å². The normalized spacial score (nSPS) is 17.5. The highest BCUT2D eigenvalue weighted by atomic mass is 35.5. The molecule has 3 rings (SSSR count). The fraction of sp³-hybridized carbons (Fsp3) is 0.348. The molecule has 31 heavy (non-hydrogen) atoms. The van der Waals surface area contributed by atoms with Crippen molar-refractivity contribution in [2.75, 3.05) is 6.54 Å². The summed E-state index contributed by atoms with van der Waals surface area (Å²) in [5.74, 6) is 0. The Balaban J connectivity index is 1.74. The summed E-state index contributed by atoms with van der Waals surface area (Å²) >= 11 is 12.4. The molecule has 0 radical (unpaired) electrons. The first-order valence-electron chi connectivity index (χ1n) is 10.0. The zero-order valence-corrected chi connectivity index (χ0v) is 19.6. The van der Waals surface area contributed by atoms with Crippen molar-refractivity contribution in [3.05, 3.63) is 75.2 Å². The molecule has 0 bridgehead atoms. The summed E-state index contributed by atoms with van der Waals surface area (Å²) in [4.78, 5) is 12.3. The van der Waals surface area contributed by atoms with Crippen LogP contribution >= 0.6 is 23.2 Å². The quantitative estimate of drug-likeness (QED) is 0.541. The van der Waals surface area contributed by atoms with Crippen LogP contribution in [0.5, 0.6) is 0 Å². The van der Waals surface area contributed by atoms with Gasteiger partial charge < -0.3 is 19.4 Å². The summed E-state index contributed by atoms with van der Waals surface area (Å²) < 4.78 is 17.7. The average molecular weight is 462 g/mol. The van der Waals surface area contributed by atoms with Crippen LogP contribution in [-0.2, 0) is 20.7 Å². The molecule has 1 fully saturated rings. The van der Waals surface area contributed by atoms with E-state index >= 15 is 0 Å². The van der Waals surface area contributed by atoms with Crippen LogP contribution in [0.25, 0.3) is 6.08 Å². The minimum atomic E-state index is -0.647. The number of amides is 1. The van der Waals surface area contributed by atoms with E-state index in [1.807, 2.05) is 70.2 Å². The lowest BCUT2D eigenvalue weighted by Gasteiger charge is -2.32. The molecular weight excluding hydrogens is 436 g/mol. The highest BCUT2D eigenvalue weighted by molar-refractivity contribution is 6.56. The molecule has 0 unspecified atom stereocenters. The summed E-state index contributed by atoms with van der Waals surface area (Å²) in [5, 5.41) is 3.81. The van der Waals surface area contributed by atoms with E-state index < -0.39 is 24.4 Å². The molecule has 1 heterocycles. The summed E-state index contributed by atoms with van der Waals surface area (Å²) in [6.07, 6.45) is 1.31. The Bertz CT molecular complexity index is 947. The van der Waals surface area contributed by atoms with E-state index in [-0.39, 0.29) is 13.2 Å². The summed E-state index contributed by atoms with van der Waals surface area (Å²) in [6.45, 7) is 8.25. The molecule has 0 spiro atoms. The molecule has 1 amide bonds. The largest absolute Gasteiger partial charge is 0.492 e. The van der Waals surface area contributed by atoms with Gasteiger partial charge in [0, 0.05) is 16.6 Å². The van der Waals surface area contributed by atoms with E-state index in [1.54, 1.807) is 12.1 Å². The van der Waals surface area contributed by atoms with Crippen molar-refractivity contribution in [3.8, 4) is 0 Å². The molecule has 2 aromatic carbocycles. The first kappa shape index (κ1) is 23.7. The van der Waals surface area contributed by atoms with Crippen LogP contribution in [0.3, 0.4) is 0 Å². The van der Waals surface area contributed by atoms with Gasteiger partial charge in [-0.15, -0.1) is 0 Å². The number of alkyl carbamates (subject to hydrolysis) is 1. The van der Waals surface area contributed by atoms with Gasteiger partial charge >= 0.3 is 13.2 Å². The average Bonchev–Trinajstić information content (AvgIpc) is 2.93. The Morgan fingerprint density at radius 3 is 2.32 bits per heavy atom. The maximum Gasteiger partial charge on any atom is 0.492 e. The van der Waals surface area contributed by atoms with Crippen LogP contribution in [0.2, 0.25) is 10.0 Å². The Morgan fingerprint density at radius 2 is 1.71 bits per heavy atom. The van der Waals surface area contributed by atoms with E-state index in [0.717, 1.165) is 11.1 Å². The third kappa shape index (κ3) is 6.04. The second-order valence-corrected chi connectivity index (χ2v) is 9.23. The number of benzene rings is 2. The summed E-state index contributed by atoms with van der Waals surface area (Å²) in [5.41, 5.74) is 1.32. The fourth-order valence-electron chi connectivity index (χ4n) is 2.96. The highest BCUT2D eigenvalue weighted by Crippen LogP contribution is 2.39. The fourth-order valence-corrected chi connectivity index (χ4v) is 3.43. The van der Waals surface area contributed by atoms with Gasteiger partial charge in [0.05, 0.1) is 11.2 Å². The molecule has 0 aliphatic carbocycles. The molecule has 1 saturated heterocycles. The van der Waals surface area contributed by atoms with Crippen LogP contribution in [0.15, 0.2) is 54.0 Å². The second kappa shape index (κ2) is 9.66. The van der Waals surface area contributed by atoms with E-state index in [1.165, 1.54) is 0 Å². The van der Waals surface area contributed by atoms with Gasteiger partial charge in [-0.25, -0.2) is 4.79 Å². The first-order valence-corrected chi connectivity index (χ1v) is 10.8. The second-order valence-electron chi connectivity index (χ2n) is 8.39. The van der Waals surface area contributed by atoms with Crippen molar-refractivity contribution in [1.29, 1.82) is 0 Å². The van der Waals surface area contributed by atoms with Crippen molar-refractivity contribution in [2.45, 2.75) is 45.5 Å². The van der Waals surface area contributed by atoms with Crippen LogP contribution in [0.4, 0.5) is 4.79 Å². The molecule has 5 nitrogen and oxygen atoms in total. The zero-order valence-electron chi connectivity index (χ0n) is 18.1. The van der Waals surface area contributed by atoms with Crippen molar-refractivity contribution < 1.29 is 18.8 Å². The number of rotatable bonds is 6. The van der Waals surface area contributed by atoms with E-state index in [4.69, 9.17) is 37.2 Å². The molecule has 8 heteroatoms. The standard InChI is InChI=1S/C23H26BCl2NO4/c1-22(2)23(3,4)31-24(30-22)18(12-17-10-11-19(25)13-20(17)26)14-27-21(28)29-15-16-8-6-5-7-9-16/h5-13H,14-15H2,1-4H3,(H,27,28). The number of hydrogen-bond donors (Lipinski definition) is 1. The number of carbonyl (C=O) groups excluding carboxylic acids is 1. The van der Waals surface area contributed by atoms with Gasteiger partial charge in [-0.2, -0.15) is 0 Å². The monoisotopic (exact) mass is 461 g/mol. The molecule has 0 atom stereocenters. The molecule has 1 aliphatic rings. The number of halogens is 2. The topological polar surface area (TPSA) is 56.8 Å². The number of ether oxygens (including phenoxy) is 1. The molecule has 164 valence electrons. The predicted octanol–water partition coefficient (Wildman–Crippen LogP) is 5.93. The lowest BCUT2D eigenvalue weighted by Crippen LogP contribution is -2.41. The van der Waals surface area contributed by atoms with Gasteiger partial charge in [-0.05, 0) is 56.4 Å². The minimum absolute atomic E-state index is 0.170. The zero-order chi connectivity index (χ0) is 22.6. The van der Waals surface area contributed by atoms with E-state index in [2.05, 4.69) is 5.32 Å². The summed E-state index contributed by atoms with van der Waals surface area (Å²) in [7, 11) is -0.647. The molecule has 1 N–H and O–H groups in total. The van der Waals surface area contributed by atoms with Crippen LogP contribution in [0, 0.1) is 0 Å². The van der Waals surface area contributed by atoms with Gasteiger partial charge in [0.15, 0.2) is 0 Å². The number of hydrogen-bond acceptors (Lipinski definition) is 4. The number of nitrogens with one attached hydrogen (secondary N) is 1. The van der Waals surface area contributed by atoms with Gasteiger partial charge in [0.25, 0.3) is 0 Å². The van der Waals surface area contributed by atoms with Crippen molar-refractivity contribution >= 4 is 42.5 Å². The summed E-state index contributed by atoms with van der Waals surface area (Å²) in [6, 6.07) is 14.7. The molecule has 1 aliphatic heterocycles. The maximum atomic E-state index is 12.3. The Hall–Kier alpha value is -1.99. The van der Waals surface area contributed by atoms with Crippen molar-refractivity contribution in [1.82, 2.24) is 5.32 Å². The maximum absolute atomic E-state index is 12.3. The van der Waals surface area contributed by atoms with Gasteiger partial charge in [-0.1, -0.05) is 65.7 Å². The molecule has 2 aromatic rings. The number of carbonyl (C=O) groups is 1. The lowest BCUT2D eigenvalue weighted by atomic mass is 9.77. The van der Waals surface area contributed by atoms with Crippen LogP contribution in [0.1, 0.15) is 38.8 Å². The Kier molecular flexibility index (Phi) is 7.37. The third-order valence-corrected chi connectivity index (χ3v) is 6.07.